The van der Waals surface area contributed by atoms with Gasteiger partial charge in [0, 0.05) is 51.7 Å². The summed E-state index contributed by atoms with van der Waals surface area (Å²) >= 11 is 0. The maximum atomic E-state index is 12.2. The molecule has 1 fully saturated rings. The number of amides is 3. The maximum Gasteiger partial charge on any atom is 0.320 e. The molecule has 1 atom stereocenters. The lowest BCUT2D eigenvalue weighted by atomic mass is 10.1. The van der Waals surface area contributed by atoms with Crippen LogP contribution in [0.4, 0.5) is 4.79 Å². The van der Waals surface area contributed by atoms with Gasteiger partial charge in [-0.25, -0.2) is 4.79 Å². The predicted molar refractivity (Wildman–Crippen MR) is 86.8 cm³/mol. The Morgan fingerprint density at radius 1 is 1.10 bits per heavy atom. The lowest BCUT2D eigenvalue weighted by Gasteiger charge is -2.38. The Labute approximate surface area is 134 Å². The van der Waals surface area contributed by atoms with E-state index in [-0.39, 0.29) is 30.3 Å². The van der Waals surface area contributed by atoms with Crippen LogP contribution in [-0.2, 0) is 4.79 Å². The second kappa shape index (κ2) is 9.84. The molecule has 0 aromatic heterocycles. The van der Waals surface area contributed by atoms with Crippen molar-refractivity contribution in [3.8, 4) is 0 Å². The highest BCUT2D eigenvalue weighted by atomic mass is 35.5. The fourth-order valence-electron chi connectivity index (χ4n) is 2.52. The van der Waals surface area contributed by atoms with Crippen molar-refractivity contribution in [2.75, 3.05) is 52.9 Å². The molecule has 1 heterocycles. The van der Waals surface area contributed by atoms with Gasteiger partial charge in [-0.05, 0) is 20.9 Å². The molecular weight excluding hydrogens is 292 g/mol. The molecular formula is C14H29ClN4O2. The van der Waals surface area contributed by atoms with Gasteiger partial charge in [0.15, 0.2) is 0 Å². The number of hydrogen-bond donors (Lipinski definition) is 1. The van der Waals surface area contributed by atoms with Gasteiger partial charge in [-0.2, -0.15) is 0 Å². The van der Waals surface area contributed by atoms with Crippen LogP contribution < -0.4 is 5.32 Å². The first-order chi connectivity index (χ1) is 9.54. The zero-order chi connectivity index (χ0) is 15.1. The topological polar surface area (TPSA) is 55.9 Å². The second-order valence-electron chi connectivity index (χ2n) is 5.23. The molecule has 1 aliphatic heterocycles. The Morgan fingerprint density at radius 3 is 2.00 bits per heavy atom. The normalized spacial score (nSPS) is 16.2. The molecule has 0 radical (unpaired) electrons. The third-order valence-electron chi connectivity index (χ3n) is 3.83. The third kappa shape index (κ3) is 5.36. The molecule has 3 amide bonds. The van der Waals surface area contributed by atoms with Gasteiger partial charge in [0.25, 0.3) is 0 Å². The average molecular weight is 321 g/mol. The van der Waals surface area contributed by atoms with Crippen LogP contribution in [0.15, 0.2) is 0 Å². The Hall–Kier alpha value is -1.01. The summed E-state index contributed by atoms with van der Waals surface area (Å²) in [6.45, 7) is 10.6. The van der Waals surface area contributed by atoms with E-state index in [1.165, 1.54) is 0 Å². The first kappa shape index (κ1) is 20.0. The molecule has 0 aliphatic carbocycles. The first-order valence-corrected chi connectivity index (χ1v) is 7.52. The monoisotopic (exact) mass is 320 g/mol. The molecule has 0 aromatic rings. The zero-order valence-corrected chi connectivity index (χ0v) is 14.4. The van der Waals surface area contributed by atoms with E-state index in [4.69, 9.17) is 0 Å². The van der Waals surface area contributed by atoms with Gasteiger partial charge in [0.1, 0.15) is 0 Å². The SMILES string of the molecule is CCN(CC)C(=O)N1CCN(C(=O)C(C)CNC)CC1.Cl. The van der Waals surface area contributed by atoms with Crippen molar-refractivity contribution in [2.45, 2.75) is 20.8 Å². The van der Waals surface area contributed by atoms with Gasteiger partial charge in [0.05, 0.1) is 0 Å². The average Bonchev–Trinajstić information content (AvgIpc) is 2.48. The quantitative estimate of drug-likeness (QED) is 0.818. The van der Waals surface area contributed by atoms with Crippen molar-refractivity contribution in [1.82, 2.24) is 20.0 Å². The van der Waals surface area contributed by atoms with Crippen LogP contribution in [0.3, 0.4) is 0 Å². The lowest BCUT2D eigenvalue weighted by molar-refractivity contribution is -0.136. The highest BCUT2D eigenvalue weighted by molar-refractivity contribution is 5.85. The zero-order valence-electron chi connectivity index (χ0n) is 13.6. The number of halogens is 1. The highest BCUT2D eigenvalue weighted by Gasteiger charge is 2.27. The summed E-state index contributed by atoms with van der Waals surface area (Å²) in [6.07, 6.45) is 0. The molecule has 0 saturated carbocycles. The number of nitrogens with one attached hydrogen (secondary N) is 1. The van der Waals surface area contributed by atoms with Crippen LogP contribution in [-0.4, -0.2) is 79.5 Å². The van der Waals surface area contributed by atoms with E-state index in [2.05, 4.69) is 5.32 Å². The molecule has 1 unspecified atom stereocenters. The Kier molecular flexibility index (Phi) is 9.37. The molecule has 6 nitrogen and oxygen atoms in total. The molecule has 1 saturated heterocycles. The molecule has 0 aromatic carbocycles. The number of piperazine rings is 1. The van der Waals surface area contributed by atoms with E-state index in [1.807, 2.05) is 42.5 Å². The summed E-state index contributed by atoms with van der Waals surface area (Å²) < 4.78 is 0. The molecule has 1 N–H and O–H groups in total. The van der Waals surface area contributed by atoms with Crippen molar-refractivity contribution in [1.29, 1.82) is 0 Å². The van der Waals surface area contributed by atoms with Crippen LogP contribution in [0.25, 0.3) is 0 Å². The standard InChI is InChI=1S/C14H28N4O2.ClH/c1-5-16(6-2)14(20)18-9-7-17(8-10-18)13(19)12(3)11-15-4;/h12,15H,5-11H2,1-4H3;1H. The van der Waals surface area contributed by atoms with Gasteiger partial charge >= 0.3 is 6.03 Å². The fourth-order valence-corrected chi connectivity index (χ4v) is 2.52. The van der Waals surface area contributed by atoms with Gasteiger partial charge in [-0.3, -0.25) is 4.79 Å². The van der Waals surface area contributed by atoms with Crippen LogP contribution in [0, 0.1) is 5.92 Å². The Morgan fingerprint density at radius 2 is 1.57 bits per heavy atom. The third-order valence-corrected chi connectivity index (χ3v) is 3.83. The summed E-state index contributed by atoms with van der Waals surface area (Å²) in [4.78, 5) is 29.9. The van der Waals surface area contributed by atoms with E-state index < -0.39 is 0 Å². The smallest absolute Gasteiger partial charge is 0.320 e. The molecule has 0 spiro atoms. The first-order valence-electron chi connectivity index (χ1n) is 7.52. The summed E-state index contributed by atoms with van der Waals surface area (Å²) in [5, 5.41) is 3.03. The van der Waals surface area contributed by atoms with Crippen molar-refractivity contribution in [2.24, 2.45) is 5.92 Å². The van der Waals surface area contributed by atoms with Crippen LogP contribution in [0.1, 0.15) is 20.8 Å². The second-order valence-corrected chi connectivity index (χ2v) is 5.23. The number of urea groups is 1. The van der Waals surface area contributed by atoms with Gasteiger partial charge in [-0.1, -0.05) is 6.92 Å². The number of carbonyl (C=O) groups is 2. The molecule has 1 rings (SSSR count). The van der Waals surface area contributed by atoms with Gasteiger partial charge in [-0.15, -0.1) is 12.4 Å². The van der Waals surface area contributed by atoms with E-state index in [1.54, 1.807) is 0 Å². The van der Waals surface area contributed by atoms with Gasteiger partial charge < -0.3 is 20.0 Å². The number of nitrogens with zero attached hydrogens (tertiary/aromatic N) is 3. The maximum absolute atomic E-state index is 12.2. The van der Waals surface area contributed by atoms with E-state index in [0.29, 0.717) is 32.7 Å². The summed E-state index contributed by atoms with van der Waals surface area (Å²) in [7, 11) is 1.85. The van der Waals surface area contributed by atoms with Crippen molar-refractivity contribution in [3.05, 3.63) is 0 Å². The van der Waals surface area contributed by atoms with Crippen LogP contribution >= 0.6 is 12.4 Å². The summed E-state index contributed by atoms with van der Waals surface area (Å²) in [5.41, 5.74) is 0. The van der Waals surface area contributed by atoms with Gasteiger partial charge in [0.2, 0.25) is 5.91 Å². The molecule has 0 bridgehead atoms. The van der Waals surface area contributed by atoms with Crippen molar-refractivity contribution < 1.29 is 9.59 Å². The largest absolute Gasteiger partial charge is 0.339 e. The lowest BCUT2D eigenvalue weighted by Crippen LogP contribution is -2.55. The summed E-state index contributed by atoms with van der Waals surface area (Å²) in [5.74, 6) is 0.166. The van der Waals surface area contributed by atoms with Crippen LogP contribution in [0.2, 0.25) is 0 Å². The molecule has 1 aliphatic rings. The Balaban J connectivity index is 0.00000400. The Bertz CT molecular complexity index is 329. The number of hydrogen-bond acceptors (Lipinski definition) is 3. The highest BCUT2D eigenvalue weighted by Crippen LogP contribution is 2.09. The summed E-state index contributed by atoms with van der Waals surface area (Å²) in [6, 6.07) is 0.0883. The molecule has 124 valence electrons. The number of rotatable bonds is 5. The predicted octanol–water partition coefficient (Wildman–Crippen LogP) is 0.870. The van der Waals surface area contributed by atoms with Crippen molar-refractivity contribution >= 4 is 24.3 Å². The minimum absolute atomic E-state index is 0. The van der Waals surface area contributed by atoms with E-state index in [0.717, 1.165) is 13.1 Å². The van der Waals surface area contributed by atoms with Crippen molar-refractivity contribution in [3.63, 3.8) is 0 Å². The van der Waals surface area contributed by atoms with E-state index >= 15 is 0 Å². The van der Waals surface area contributed by atoms with E-state index in [9.17, 15) is 9.59 Å². The minimum atomic E-state index is -0.00923. The fraction of sp³-hybridized carbons (Fsp3) is 0.857. The van der Waals surface area contributed by atoms with Crippen LogP contribution in [0.5, 0.6) is 0 Å². The molecule has 7 heteroatoms. The molecule has 21 heavy (non-hydrogen) atoms. The number of carbonyl (C=O) groups excluding carboxylic acids is 2. The minimum Gasteiger partial charge on any atom is -0.339 e.